The molecule has 0 fully saturated rings. The molecule has 0 amide bonds. The first-order valence-electron chi connectivity index (χ1n) is 8.76. The van der Waals surface area contributed by atoms with Gasteiger partial charge >= 0.3 is 11.9 Å². The molecular weight excluding hydrogens is 344 g/mol. The van der Waals surface area contributed by atoms with Gasteiger partial charge in [0.2, 0.25) is 0 Å². The van der Waals surface area contributed by atoms with Crippen LogP contribution in [-0.2, 0) is 19.1 Å². The molecular formula is C22H24O5. The van der Waals surface area contributed by atoms with Crippen LogP contribution in [0.2, 0.25) is 0 Å². The average molecular weight is 368 g/mol. The topological polar surface area (TPSA) is 69.7 Å². The molecule has 0 spiro atoms. The van der Waals surface area contributed by atoms with Crippen molar-refractivity contribution in [3.63, 3.8) is 0 Å². The van der Waals surface area contributed by atoms with Crippen molar-refractivity contribution in [3.05, 3.63) is 71.3 Å². The van der Waals surface area contributed by atoms with Crippen LogP contribution in [0.15, 0.2) is 54.6 Å². The molecule has 0 aliphatic rings. The molecule has 0 N–H and O–H groups in total. The molecule has 2 aromatic carbocycles. The highest BCUT2D eigenvalue weighted by Gasteiger charge is 2.33. The number of Topliss-reactive ketones (excluding diaryl/α,β-unsaturated/α-hetero) is 1. The first-order chi connectivity index (χ1) is 13.0. The minimum absolute atomic E-state index is 0.0466. The molecule has 1 unspecified atom stereocenters. The van der Waals surface area contributed by atoms with Gasteiger partial charge in [0.1, 0.15) is 0 Å². The van der Waals surface area contributed by atoms with E-state index in [4.69, 9.17) is 9.47 Å². The van der Waals surface area contributed by atoms with Gasteiger partial charge in [-0.25, -0.2) is 0 Å². The third-order valence-electron chi connectivity index (χ3n) is 4.57. The van der Waals surface area contributed by atoms with Gasteiger partial charge in [-0.1, -0.05) is 60.2 Å². The number of hydrogen-bond acceptors (Lipinski definition) is 5. The lowest BCUT2D eigenvalue weighted by molar-refractivity contribution is -0.159. The lowest BCUT2D eigenvalue weighted by Crippen LogP contribution is -2.29. The van der Waals surface area contributed by atoms with Crippen molar-refractivity contribution in [3.8, 4) is 0 Å². The number of hydrogen-bond donors (Lipinski definition) is 0. The van der Waals surface area contributed by atoms with E-state index in [0.717, 1.165) is 11.1 Å². The molecule has 0 aliphatic carbocycles. The molecule has 0 aromatic heterocycles. The fraction of sp³-hybridized carbons (Fsp3) is 0.318. The zero-order valence-electron chi connectivity index (χ0n) is 15.8. The molecule has 5 heteroatoms. The van der Waals surface area contributed by atoms with E-state index in [9.17, 15) is 14.4 Å². The van der Waals surface area contributed by atoms with Gasteiger partial charge in [0.25, 0.3) is 0 Å². The Kier molecular flexibility index (Phi) is 7.29. The maximum Gasteiger partial charge on any atom is 0.320 e. The molecule has 0 radical (unpaired) electrons. The summed E-state index contributed by atoms with van der Waals surface area (Å²) >= 11 is 0. The largest absolute Gasteiger partial charge is 0.468 e. The average Bonchev–Trinajstić information content (AvgIpc) is 2.71. The van der Waals surface area contributed by atoms with Gasteiger partial charge in [-0.05, 0) is 24.8 Å². The van der Waals surface area contributed by atoms with E-state index >= 15 is 0 Å². The first-order valence-corrected chi connectivity index (χ1v) is 8.76. The van der Waals surface area contributed by atoms with Crippen molar-refractivity contribution in [2.45, 2.75) is 25.7 Å². The van der Waals surface area contributed by atoms with Crippen molar-refractivity contribution >= 4 is 17.7 Å². The van der Waals surface area contributed by atoms with Crippen LogP contribution in [0.25, 0.3) is 0 Å². The van der Waals surface area contributed by atoms with Crippen LogP contribution in [0.1, 0.15) is 40.2 Å². The summed E-state index contributed by atoms with van der Waals surface area (Å²) < 4.78 is 9.51. The number of aryl methyl sites for hydroxylation is 1. The molecule has 0 aliphatic heterocycles. The van der Waals surface area contributed by atoms with Crippen LogP contribution >= 0.6 is 0 Å². The van der Waals surface area contributed by atoms with E-state index in [1.165, 1.54) is 14.2 Å². The lowest BCUT2D eigenvalue weighted by atomic mass is 9.84. The number of rotatable bonds is 8. The third-order valence-corrected chi connectivity index (χ3v) is 4.57. The predicted octanol–water partition coefficient (Wildman–Crippen LogP) is 3.70. The van der Waals surface area contributed by atoms with Gasteiger partial charge in [0.15, 0.2) is 11.7 Å². The van der Waals surface area contributed by atoms with Crippen LogP contribution in [0.5, 0.6) is 0 Å². The molecule has 5 nitrogen and oxygen atoms in total. The molecule has 0 heterocycles. The van der Waals surface area contributed by atoms with Gasteiger partial charge in [-0.3, -0.25) is 14.4 Å². The molecule has 0 bridgehead atoms. The highest BCUT2D eigenvalue weighted by atomic mass is 16.5. The van der Waals surface area contributed by atoms with Crippen molar-refractivity contribution in [2.75, 3.05) is 14.2 Å². The minimum Gasteiger partial charge on any atom is -0.468 e. The van der Waals surface area contributed by atoms with Gasteiger partial charge in [0.05, 0.1) is 14.2 Å². The summed E-state index contributed by atoms with van der Waals surface area (Å²) in [6, 6.07) is 16.7. The van der Waals surface area contributed by atoms with Crippen molar-refractivity contribution in [2.24, 2.45) is 5.92 Å². The summed E-state index contributed by atoms with van der Waals surface area (Å²) in [5.74, 6) is -2.76. The summed E-state index contributed by atoms with van der Waals surface area (Å²) in [5.41, 5.74) is 2.58. The Bertz CT molecular complexity index is 764. The Morgan fingerprint density at radius 2 is 1.41 bits per heavy atom. The number of methoxy groups -OCH3 is 2. The van der Waals surface area contributed by atoms with Crippen LogP contribution in [-0.4, -0.2) is 31.9 Å². The van der Waals surface area contributed by atoms with Crippen LogP contribution in [0.4, 0.5) is 0 Å². The number of ketones is 1. The summed E-state index contributed by atoms with van der Waals surface area (Å²) in [4.78, 5) is 36.9. The Balaban J connectivity index is 2.31. The first kappa shape index (κ1) is 20.4. The van der Waals surface area contributed by atoms with Gasteiger partial charge in [-0.15, -0.1) is 0 Å². The highest BCUT2D eigenvalue weighted by Crippen LogP contribution is 2.30. The van der Waals surface area contributed by atoms with Gasteiger partial charge in [-0.2, -0.15) is 0 Å². The standard InChI is InChI=1S/C22H24O5/c1-15-9-11-16(12-10-15)18(13-19(21(24)26-2)22(25)27-3)14-20(23)17-7-5-4-6-8-17/h4-12,18-19H,13-14H2,1-3H3. The molecule has 1 atom stereocenters. The summed E-state index contributed by atoms with van der Waals surface area (Å²) in [6.07, 6.45) is 0.318. The number of ether oxygens (including phenoxy) is 2. The maximum atomic E-state index is 12.7. The molecule has 2 aromatic rings. The molecule has 2 rings (SSSR count). The van der Waals surface area contributed by atoms with Crippen LogP contribution in [0, 0.1) is 12.8 Å². The molecule has 27 heavy (non-hydrogen) atoms. The lowest BCUT2D eigenvalue weighted by Gasteiger charge is -2.21. The van der Waals surface area contributed by atoms with E-state index in [1.807, 2.05) is 37.3 Å². The quantitative estimate of drug-likeness (QED) is 0.404. The molecule has 142 valence electrons. The number of benzene rings is 2. The number of carbonyl (C=O) groups excluding carboxylic acids is 3. The predicted molar refractivity (Wildman–Crippen MR) is 101 cm³/mol. The normalized spacial score (nSPS) is 11.7. The second kappa shape index (κ2) is 9.67. The van der Waals surface area contributed by atoms with E-state index in [2.05, 4.69) is 0 Å². The smallest absolute Gasteiger partial charge is 0.320 e. The minimum atomic E-state index is -1.07. The Morgan fingerprint density at radius 3 is 1.93 bits per heavy atom. The highest BCUT2D eigenvalue weighted by molar-refractivity contribution is 5.97. The number of carbonyl (C=O) groups is 3. The monoisotopic (exact) mass is 368 g/mol. The summed E-state index contributed by atoms with van der Waals surface area (Å²) in [5, 5.41) is 0. The maximum absolute atomic E-state index is 12.7. The second-order valence-electron chi connectivity index (χ2n) is 6.44. The second-order valence-corrected chi connectivity index (χ2v) is 6.44. The van der Waals surface area contributed by atoms with Crippen LogP contribution in [0.3, 0.4) is 0 Å². The zero-order valence-corrected chi connectivity index (χ0v) is 15.8. The fourth-order valence-electron chi connectivity index (χ4n) is 3.00. The Morgan fingerprint density at radius 1 is 0.852 bits per heavy atom. The number of esters is 2. The van der Waals surface area contributed by atoms with E-state index in [0.29, 0.717) is 5.56 Å². The van der Waals surface area contributed by atoms with E-state index in [-0.39, 0.29) is 24.5 Å². The molecule has 0 saturated carbocycles. The summed E-state index contributed by atoms with van der Waals surface area (Å²) in [6.45, 7) is 1.97. The Hall–Kier alpha value is -2.95. The summed E-state index contributed by atoms with van der Waals surface area (Å²) in [7, 11) is 2.46. The SMILES string of the molecule is COC(=O)C(CC(CC(=O)c1ccccc1)c1ccc(C)cc1)C(=O)OC. The van der Waals surface area contributed by atoms with Crippen LogP contribution < -0.4 is 0 Å². The third kappa shape index (κ3) is 5.51. The van der Waals surface area contributed by atoms with Crippen molar-refractivity contribution in [1.29, 1.82) is 0 Å². The van der Waals surface area contributed by atoms with Crippen molar-refractivity contribution < 1.29 is 23.9 Å². The van der Waals surface area contributed by atoms with E-state index < -0.39 is 17.9 Å². The van der Waals surface area contributed by atoms with E-state index in [1.54, 1.807) is 24.3 Å². The van der Waals surface area contributed by atoms with Crippen molar-refractivity contribution in [1.82, 2.24) is 0 Å². The fourth-order valence-corrected chi connectivity index (χ4v) is 3.00. The molecule has 0 saturated heterocycles. The van der Waals surface area contributed by atoms with Gasteiger partial charge in [0, 0.05) is 12.0 Å². The zero-order chi connectivity index (χ0) is 19.8. The van der Waals surface area contributed by atoms with Gasteiger partial charge < -0.3 is 9.47 Å². The Labute approximate surface area is 159 Å².